The van der Waals surface area contributed by atoms with Gasteiger partial charge in [0.2, 0.25) is 11.7 Å². The lowest BCUT2D eigenvalue weighted by Crippen LogP contribution is -2.25. The van der Waals surface area contributed by atoms with Crippen LogP contribution in [0.1, 0.15) is 11.3 Å². The topological polar surface area (TPSA) is 72.7 Å². The molecule has 0 atom stereocenters. The van der Waals surface area contributed by atoms with Crippen molar-refractivity contribution in [1.29, 1.82) is 0 Å². The van der Waals surface area contributed by atoms with E-state index in [1.165, 1.54) is 31.7 Å². The van der Waals surface area contributed by atoms with Gasteiger partial charge in [0.05, 0.1) is 14.2 Å². The van der Waals surface area contributed by atoms with Crippen LogP contribution in [0.2, 0.25) is 0 Å². The number of nitrogens with zero attached hydrogens (tertiary/aromatic N) is 1. The molecule has 1 amide bonds. The molecule has 2 aromatic carbocycles. The predicted molar refractivity (Wildman–Crippen MR) is 110 cm³/mol. The summed E-state index contributed by atoms with van der Waals surface area (Å²) < 4.78 is 12.5. The molecule has 0 radical (unpaired) electrons. The van der Waals surface area contributed by atoms with Gasteiger partial charge in [-0.05, 0) is 48.2 Å². The normalized spacial score (nSPS) is 11.1. The molecule has 0 unspecified atom stereocenters. The smallest absolute Gasteiger partial charge is 0.244 e. The van der Waals surface area contributed by atoms with Crippen LogP contribution in [-0.4, -0.2) is 36.3 Å². The summed E-state index contributed by atoms with van der Waals surface area (Å²) in [5.74, 6) is 0.413. The second-order valence-corrected chi connectivity index (χ2v) is 6.40. The van der Waals surface area contributed by atoms with Crippen molar-refractivity contribution in [3.63, 3.8) is 0 Å². The van der Waals surface area contributed by atoms with Crippen LogP contribution in [-0.2, 0) is 11.3 Å². The van der Waals surface area contributed by atoms with Gasteiger partial charge in [0.25, 0.3) is 0 Å². The number of hydrogen-bond acceptors (Lipinski definition) is 4. The third-order valence-corrected chi connectivity index (χ3v) is 4.56. The molecule has 3 rings (SSSR count). The van der Waals surface area contributed by atoms with Gasteiger partial charge in [0.15, 0.2) is 11.5 Å². The number of nitrogens with one attached hydrogen (secondary N) is 1. The van der Waals surface area contributed by atoms with Crippen LogP contribution >= 0.6 is 0 Å². The van der Waals surface area contributed by atoms with E-state index in [4.69, 9.17) is 9.47 Å². The minimum Gasteiger partial charge on any atom is -0.504 e. The van der Waals surface area contributed by atoms with E-state index in [0.717, 1.165) is 11.2 Å². The highest BCUT2D eigenvalue weighted by Gasteiger charge is 2.10. The van der Waals surface area contributed by atoms with Crippen molar-refractivity contribution in [2.45, 2.75) is 13.5 Å². The zero-order valence-corrected chi connectivity index (χ0v) is 16.2. The first-order valence-corrected chi connectivity index (χ1v) is 8.99. The highest BCUT2D eigenvalue weighted by atomic mass is 16.5. The van der Waals surface area contributed by atoms with E-state index in [1.807, 2.05) is 12.1 Å². The van der Waals surface area contributed by atoms with Gasteiger partial charge in [-0.1, -0.05) is 18.2 Å². The van der Waals surface area contributed by atoms with Gasteiger partial charge in [-0.15, -0.1) is 0 Å². The molecule has 0 aliphatic carbocycles. The molecule has 0 fully saturated rings. The number of aromatic nitrogens is 1. The Kier molecular flexibility index (Phi) is 5.89. The Morgan fingerprint density at radius 1 is 1.18 bits per heavy atom. The van der Waals surface area contributed by atoms with Gasteiger partial charge in [0.1, 0.15) is 0 Å². The van der Waals surface area contributed by atoms with E-state index in [-0.39, 0.29) is 17.4 Å². The number of para-hydroxylation sites is 1. The number of aryl methyl sites for hydroxylation is 1. The molecule has 0 saturated heterocycles. The minimum atomic E-state index is -0.205. The number of fused-ring (bicyclic) bond motifs is 1. The summed E-state index contributed by atoms with van der Waals surface area (Å²) in [5, 5.41) is 14.1. The average molecular weight is 380 g/mol. The van der Waals surface area contributed by atoms with Crippen molar-refractivity contribution >= 4 is 22.9 Å². The summed E-state index contributed by atoms with van der Waals surface area (Å²) in [6.07, 6.45) is 3.05. The number of benzene rings is 2. The maximum Gasteiger partial charge on any atom is 0.244 e. The standard InChI is InChI=1S/C22H24N2O4/c1-15-12-17-6-4-5-7-18(17)24(15)11-10-23-21(26)9-8-16-13-19(25)22(28-3)20(14-16)27-2/h4-9,12-14,25H,10-11H2,1-3H3,(H,23,26). The summed E-state index contributed by atoms with van der Waals surface area (Å²) in [5.41, 5.74) is 2.95. The molecule has 0 aliphatic rings. The summed E-state index contributed by atoms with van der Waals surface area (Å²) in [7, 11) is 2.95. The van der Waals surface area contributed by atoms with E-state index in [2.05, 4.69) is 35.0 Å². The maximum absolute atomic E-state index is 12.1. The summed E-state index contributed by atoms with van der Waals surface area (Å²) in [4.78, 5) is 12.1. The molecular formula is C22H24N2O4. The number of carbonyl (C=O) groups is 1. The van der Waals surface area contributed by atoms with Gasteiger partial charge >= 0.3 is 0 Å². The van der Waals surface area contributed by atoms with Crippen LogP contribution in [0.4, 0.5) is 0 Å². The fourth-order valence-corrected chi connectivity index (χ4v) is 3.23. The Morgan fingerprint density at radius 3 is 2.71 bits per heavy atom. The Balaban J connectivity index is 1.61. The molecule has 1 heterocycles. The molecule has 146 valence electrons. The van der Waals surface area contributed by atoms with Crippen molar-refractivity contribution in [1.82, 2.24) is 9.88 Å². The van der Waals surface area contributed by atoms with E-state index >= 15 is 0 Å². The number of carbonyl (C=O) groups excluding carboxylic acids is 1. The Bertz CT molecular complexity index is 1020. The van der Waals surface area contributed by atoms with Crippen molar-refractivity contribution in [2.24, 2.45) is 0 Å². The Hall–Kier alpha value is -3.41. The summed E-state index contributed by atoms with van der Waals surface area (Å²) >= 11 is 0. The fraction of sp³-hybridized carbons (Fsp3) is 0.227. The van der Waals surface area contributed by atoms with Gasteiger partial charge in [-0.2, -0.15) is 0 Å². The zero-order valence-electron chi connectivity index (χ0n) is 16.2. The van der Waals surface area contributed by atoms with Crippen LogP contribution in [0.5, 0.6) is 17.2 Å². The monoisotopic (exact) mass is 380 g/mol. The van der Waals surface area contributed by atoms with Gasteiger partial charge in [0, 0.05) is 30.4 Å². The fourth-order valence-electron chi connectivity index (χ4n) is 3.23. The van der Waals surface area contributed by atoms with Crippen LogP contribution < -0.4 is 14.8 Å². The molecule has 0 aliphatic heterocycles. The molecule has 6 heteroatoms. The number of rotatable bonds is 7. The summed E-state index contributed by atoms with van der Waals surface area (Å²) in [6, 6.07) is 13.5. The highest BCUT2D eigenvalue weighted by Crippen LogP contribution is 2.37. The lowest BCUT2D eigenvalue weighted by atomic mass is 10.1. The molecule has 0 saturated carbocycles. The zero-order chi connectivity index (χ0) is 20.1. The first-order valence-electron chi connectivity index (χ1n) is 8.99. The van der Waals surface area contributed by atoms with Gasteiger partial charge in [-0.25, -0.2) is 0 Å². The number of phenolic OH excluding ortho intramolecular Hbond substituents is 1. The quantitative estimate of drug-likeness (QED) is 0.616. The Morgan fingerprint density at radius 2 is 1.96 bits per heavy atom. The van der Waals surface area contributed by atoms with Crippen molar-refractivity contribution < 1.29 is 19.4 Å². The van der Waals surface area contributed by atoms with Gasteiger partial charge in [-0.3, -0.25) is 4.79 Å². The van der Waals surface area contributed by atoms with Crippen LogP contribution in [0.25, 0.3) is 17.0 Å². The van der Waals surface area contributed by atoms with E-state index in [9.17, 15) is 9.90 Å². The number of ether oxygens (including phenoxy) is 2. The average Bonchev–Trinajstić information content (AvgIpc) is 3.01. The minimum absolute atomic E-state index is 0.0446. The molecular weight excluding hydrogens is 356 g/mol. The molecule has 2 N–H and O–H groups in total. The second kappa shape index (κ2) is 8.52. The molecule has 1 aromatic heterocycles. The third kappa shape index (κ3) is 4.11. The number of methoxy groups -OCH3 is 2. The number of hydrogen-bond donors (Lipinski definition) is 2. The summed E-state index contributed by atoms with van der Waals surface area (Å²) in [6.45, 7) is 3.27. The number of amides is 1. The van der Waals surface area contributed by atoms with Crippen LogP contribution in [0.15, 0.2) is 48.5 Å². The van der Waals surface area contributed by atoms with E-state index in [0.29, 0.717) is 24.4 Å². The van der Waals surface area contributed by atoms with Crippen molar-refractivity contribution in [3.8, 4) is 17.2 Å². The molecule has 0 spiro atoms. The van der Waals surface area contributed by atoms with Crippen LogP contribution in [0, 0.1) is 6.92 Å². The van der Waals surface area contributed by atoms with Crippen molar-refractivity contribution in [3.05, 3.63) is 59.8 Å². The maximum atomic E-state index is 12.1. The molecule has 0 bridgehead atoms. The highest BCUT2D eigenvalue weighted by molar-refractivity contribution is 5.92. The number of aromatic hydroxyl groups is 1. The van der Waals surface area contributed by atoms with Gasteiger partial charge < -0.3 is 24.5 Å². The number of phenols is 1. The second-order valence-electron chi connectivity index (χ2n) is 6.40. The molecule has 3 aromatic rings. The lowest BCUT2D eigenvalue weighted by molar-refractivity contribution is -0.116. The van der Waals surface area contributed by atoms with Crippen molar-refractivity contribution in [2.75, 3.05) is 20.8 Å². The SMILES string of the molecule is COc1cc(C=CC(=O)NCCn2c(C)cc3ccccc32)cc(O)c1OC. The first-order chi connectivity index (χ1) is 13.5. The third-order valence-electron chi connectivity index (χ3n) is 4.56. The Labute approximate surface area is 164 Å². The lowest BCUT2D eigenvalue weighted by Gasteiger charge is -2.10. The largest absolute Gasteiger partial charge is 0.504 e. The first kappa shape index (κ1) is 19.4. The predicted octanol–water partition coefficient (Wildman–Crippen LogP) is 3.50. The van der Waals surface area contributed by atoms with E-state index < -0.39 is 0 Å². The molecule has 6 nitrogen and oxygen atoms in total. The van der Waals surface area contributed by atoms with Crippen LogP contribution in [0.3, 0.4) is 0 Å². The molecule has 28 heavy (non-hydrogen) atoms. The van der Waals surface area contributed by atoms with E-state index in [1.54, 1.807) is 12.1 Å².